The van der Waals surface area contributed by atoms with E-state index in [9.17, 15) is 14.4 Å². The van der Waals surface area contributed by atoms with Crippen LogP contribution in [0.1, 0.15) is 21.6 Å². The van der Waals surface area contributed by atoms with E-state index in [2.05, 4.69) is 32.0 Å². The van der Waals surface area contributed by atoms with Crippen molar-refractivity contribution in [1.29, 1.82) is 0 Å². The Balaban J connectivity index is 1.63. The molecule has 33 heavy (non-hydrogen) atoms. The molecule has 3 aromatic carbocycles. The fourth-order valence-electron chi connectivity index (χ4n) is 3.39. The van der Waals surface area contributed by atoms with E-state index in [-0.39, 0.29) is 5.69 Å². The van der Waals surface area contributed by atoms with Gasteiger partial charge in [-0.05, 0) is 67.4 Å². The van der Waals surface area contributed by atoms with Crippen molar-refractivity contribution in [2.24, 2.45) is 0 Å². The van der Waals surface area contributed by atoms with Gasteiger partial charge < -0.3 is 10.6 Å². The van der Waals surface area contributed by atoms with E-state index in [0.29, 0.717) is 16.9 Å². The van der Waals surface area contributed by atoms with Crippen molar-refractivity contribution in [2.45, 2.75) is 13.8 Å². The minimum absolute atomic E-state index is 0.180. The van der Waals surface area contributed by atoms with Crippen molar-refractivity contribution in [3.63, 3.8) is 0 Å². The Morgan fingerprint density at radius 3 is 2.33 bits per heavy atom. The number of fused-ring (bicyclic) bond motifs is 1. The minimum atomic E-state index is -0.898. The number of rotatable bonds is 4. The second-order valence-corrected chi connectivity index (χ2v) is 8.52. The lowest BCUT2D eigenvalue weighted by Gasteiger charge is -2.13. The first kappa shape index (κ1) is 22.3. The third-order valence-corrected chi connectivity index (χ3v) is 5.58. The summed E-state index contributed by atoms with van der Waals surface area (Å²) in [5.41, 5.74) is 6.27. The Hall–Kier alpha value is -3.91. The molecule has 3 N–H and O–H groups in total. The van der Waals surface area contributed by atoms with Gasteiger partial charge in [0, 0.05) is 21.2 Å². The predicted octanol–water partition coefficient (Wildman–Crippen LogP) is 4.98. The number of anilines is 2. The molecule has 7 nitrogen and oxygen atoms in total. The van der Waals surface area contributed by atoms with Crippen molar-refractivity contribution in [1.82, 2.24) is 4.68 Å². The van der Waals surface area contributed by atoms with E-state index in [0.717, 1.165) is 21.0 Å². The van der Waals surface area contributed by atoms with Gasteiger partial charge in [-0.3, -0.25) is 19.8 Å². The van der Waals surface area contributed by atoms with Gasteiger partial charge in [0.1, 0.15) is 5.69 Å². The van der Waals surface area contributed by atoms with Crippen molar-refractivity contribution in [2.75, 3.05) is 16.1 Å². The number of halogens is 1. The average Bonchev–Trinajstić information content (AvgIpc) is 3.14. The van der Waals surface area contributed by atoms with Gasteiger partial charge in [0.15, 0.2) is 0 Å². The molecule has 0 spiro atoms. The normalized spacial score (nSPS) is 10.6. The summed E-state index contributed by atoms with van der Waals surface area (Å²) in [6, 6.07) is 21.6. The molecule has 0 aliphatic rings. The zero-order valence-electron chi connectivity index (χ0n) is 18.0. The highest BCUT2D eigenvalue weighted by molar-refractivity contribution is 9.10. The van der Waals surface area contributed by atoms with E-state index in [1.807, 2.05) is 50.2 Å². The van der Waals surface area contributed by atoms with Crippen LogP contribution >= 0.6 is 15.9 Å². The first-order valence-corrected chi connectivity index (χ1v) is 11.0. The molecule has 0 saturated carbocycles. The Labute approximate surface area is 198 Å². The van der Waals surface area contributed by atoms with Crippen LogP contribution in [0.2, 0.25) is 0 Å². The molecule has 1 heterocycles. The number of amides is 3. The average molecular weight is 505 g/mol. The lowest BCUT2D eigenvalue weighted by Crippen LogP contribution is -2.36. The molecular weight excluding hydrogens is 484 g/mol. The molecule has 0 unspecified atom stereocenters. The van der Waals surface area contributed by atoms with Crippen LogP contribution in [-0.2, 0) is 9.59 Å². The maximum Gasteiger partial charge on any atom is 0.328 e. The molecule has 4 rings (SSSR count). The lowest BCUT2D eigenvalue weighted by molar-refractivity contribution is -0.133. The summed E-state index contributed by atoms with van der Waals surface area (Å²) in [4.78, 5) is 38.4. The van der Waals surface area contributed by atoms with Gasteiger partial charge in [0.25, 0.3) is 5.91 Å². The number of hydrogen-bond donors (Lipinski definition) is 3. The van der Waals surface area contributed by atoms with Gasteiger partial charge in [0.05, 0.1) is 5.52 Å². The number of aromatic nitrogens is 1. The van der Waals surface area contributed by atoms with Crippen LogP contribution in [-0.4, -0.2) is 22.4 Å². The largest absolute Gasteiger partial charge is 0.328 e. The Bertz CT molecular complexity index is 1380. The second kappa shape index (κ2) is 9.30. The minimum Gasteiger partial charge on any atom is -0.321 e. The van der Waals surface area contributed by atoms with Crippen LogP contribution in [0, 0.1) is 13.8 Å². The summed E-state index contributed by atoms with van der Waals surface area (Å²) in [5.74, 6) is -2.16. The standard InChI is InChI=1S/C25H21BrN4O3/c1-15-8-9-16(2)20(12-15)28-24(32)25(33)29-30-21-11-10-18(26)13-17(21)14-22(30)23(31)27-19-6-4-3-5-7-19/h3-14H,1-2H3,(H,27,31)(H,28,32)(H,29,33). The first-order valence-electron chi connectivity index (χ1n) is 10.2. The third-order valence-electron chi connectivity index (χ3n) is 5.09. The smallest absolute Gasteiger partial charge is 0.321 e. The van der Waals surface area contributed by atoms with E-state index >= 15 is 0 Å². The van der Waals surface area contributed by atoms with Gasteiger partial charge in [-0.15, -0.1) is 0 Å². The molecule has 0 aliphatic heterocycles. The molecule has 0 fully saturated rings. The van der Waals surface area contributed by atoms with Gasteiger partial charge in [0.2, 0.25) is 0 Å². The predicted molar refractivity (Wildman–Crippen MR) is 133 cm³/mol. The van der Waals surface area contributed by atoms with E-state index in [1.54, 1.807) is 36.4 Å². The Morgan fingerprint density at radius 2 is 1.58 bits per heavy atom. The van der Waals surface area contributed by atoms with Gasteiger partial charge in [-0.1, -0.05) is 46.3 Å². The number of nitrogens with zero attached hydrogens (tertiary/aromatic N) is 1. The number of carbonyl (C=O) groups excluding carboxylic acids is 3. The zero-order valence-corrected chi connectivity index (χ0v) is 19.6. The number of carbonyl (C=O) groups is 3. The highest BCUT2D eigenvalue weighted by atomic mass is 79.9. The Morgan fingerprint density at radius 1 is 0.818 bits per heavy atom. The lowest BCUT2D eigenvalue weighted by atomic mass is 10.1. The monoisotopic (exact) mass is 504 g/mol. The number of hydrogen-bond acceptors (Lipinski definition) is 3. The van der Waals surface area contributed by atoms with Crippen LogP contribution in [0.15, 0.2) is 77.3 Å². The second-order valence-electron chi connectivity index (χ2n) is 7.60. The van der Waals surface area contributed by atoms with E-state index in [1.165, 1.54) is 4.68 Å². The molecule has 0 bridgehead atoms. The van der Waals surface area contributed by atoms with Gasteiger partial charge in [-0.2, -0.15) is 0 Å². The first-order chi connectivity index (χ1) is 15.8. The molecule has 1 aromatic heterocycles. The quantitative estimate of drug-likeness (QED) is 0.342. The van der Waals surface area contributed by atoms with Crippen molar-refractivity contribution in [3.8, 4) is 0 Å². The van der Waals surface area contributed by atoms with Gasteiger partial charge in [-0.25, -0.2) is 4.68 Å². The maximum atomic E-state index is 13.0. The zero-order chi connectivity index (χ0) is 23.5. The highest BCUT2D eigenvalue weighted by Gasteiger charge is 2.21. The summed E-state index contributed by atoms with van der Waals surface area (Å²) >= 11 is 3.42. The summed E-state index contributed by atoms with van der Waals surface area (Å²) in [6.45, 7) is 3.74. The molecule has 0 aliphatic carbocycles. The molecule has 166 valence electrons. The number of nitrogens with one attached hydrogen (secondary N) is 3. The van der Waals surface area contributed by atoms with Gasteiger partial charge >= 0.3 is 11.8 Å². The van der Waals surface area contributed by atoms with Crippen LogP contribution in [0.5, 0.6) is 0 Å². The number of benzene rings is 3. The van der Waals surface area contributed by atoms with Crippen LogP contribution in [0.25, 0.3) is 10.9 Å². The van der Waals surface area contributed by atoms with Crippen molar-refractivity contribution in [3.05, 3.63) is 94.1 Å². The van der Waals surface area contributed by atoms with Crippen LogP contribution in [0.3, 0.4) is 0 Å². The van der Waals surface area contributed by atoms with E-state index < -0.39 is 17.7 Å². The summed E-state index contributed by atoms with van der Waals surface area (Å²) in [5, 5.41) is 6.16. The molecule has 8 heteroatoms. The third kappa shape index (κ3) is 4.96. The van der Waals surface area contributed by atoms with Crippen molar-refractivity contribution < 1.29 is 14.4 Å². The van der Waals surface area contributed by atoms with Crippen molar-refractivity contribution >= 4 is 55.9 Å². The summed E-state index contributed by atoms with van der Waals surface area (Å²) < 4.78 is 2.14. The van der Waals surface area contributed by atoms with E-state index in [4.69, 9.17) is 0 Å². The molecule has 0 radical (unpaired) electrons. The number of aryl methyl sites for hydroxylation is 2. The molecule has 4 aromatic rings. The van der Waals surface area contributed by atoms with Crippen LogP contribution in [0.4, 0.5) is 11.4 Å². The topological polar surface area (TPSA) is 92.2 Å². The number of para-hydroxylation sites is 1. The SMILES string of the molecule is Cc1ccc(C)c(NC(=O)C(=O)Nn2c(C(=O)Nc3ccccc3)cc3cc(Br)ccc32)c1. The maximum absolute atomic E-state index is 13.0. The van der Waals surface area contributed by atoms with Crippen LogP contribution < -0.4 is 16.1 Å². The molecular formula is C25H21BrN4O3. The fraction of sp³-hybridized carbons (Fsp3) is 0.0800. The summed E-state index contributed by atoms with van der Waals surface area (Å²) in [7, 11) is 0. The Kier molecular flexibility index (Phi) is 6.28. The fourth-order valence-corrected chi connectivity index (χ4v) is 3.77. The highest BCUT2D eigenvalue weighted by Crippen LogP contribution is 2.24. The molecule has 3 amide bonds. The summed E-state index contributed by atoms with van der Waals surface area (Å²) in [6.07, 6.45) is 0. The molecule has 0 saturated heterocycles. The molecule has 0 atom stereocenters.